The van der Waals surface area contributed by atoms with Crippen molar-refractivity contribution < 1.29 is 4.42 Å². The fraction of sp³-hybridized carbons (Fsp3) is 0. The third-order valence-electron chi connectivity index (χ3n) is 2.29. The number of oxazole rings is 1. The van der Waals surface area contributed by atoms with Gasteiger partial charge in [-0.25, -0.2) is 4.98 Å². The lowest BCUT2D eigenvalue weighted by atomic mass is 10.3. The van der Waals surface area contributed by atoms with Crippen LogP contribution in [0.4, 0.5) is 5.69 Å². The van der Waals surface area contributed by atoms with Crippen LogP contribution < -0.4 is 5.73 Å². The first-order chi connectivity index (χ1) is 8.33. The molecule has 0 aliphatic rings. The van der Waals surface area contributed by atoms with Crippen LogP contribution in [0, 0.1) is 0 Å². The summed E-state index contributed by atoms with van der Waals surface area (Å²) in [5, 5.41) is 0.587. The highest BCUT2D eigenvalue weighted by molar-refractivity contribution is 7.99. The van der Waals surface area contributed by atoms with Gasteiger partial charge in [-0.1, -0.05) is 6.07 Å². The van der Waals surface area contributed by atoms with Crippen molar-refractivity contribution in [3.05, 3.63) is 42.7 Å². The van der Waals surface area contributed by atoms with Gasteiger partial charge in [0.15, 0.2) is 5.58 Å². The summed E-state index contributed by atoms with van der Waals surface area (Å²) in [7, 11) is 0. The number of benzene rings is 1. The van der Waals surface area contributed by atoms with Crippen LogP contribution in [0.25, 0.3) is 11.1 Å². The number of para-hydroxylation sites is 1. The molecular weight excluding hydrogens is 234 g/mol. The van der Waals surface area contributed by atoms with Gasteiger partial charge in [0, 0.05) is 17.3 Å². The fourth-order valence-electron chi connectivity index (χ4n) is 1.50. The highest BCUT2D eigenvalue weighted by atomic mass is 32.2. The lowest BCUT2D eigenvalue weighted by Gasteiger charge is -1.93. The lowest BCUT2D eigenvalue weighted by Crippen LogP contribution is -1.84. The monoisotopic (exact) mass is 243 g/mol. The van der Waals surface area contributed by atoms with Gasteiger partial charge in [-0.3, -0.25) is 4.98 Å². The van der Waals surface area contributed by atoms with Gasteiger partial charge >= 0.3 is 0 Å². The summed E-state index contributed by atoms with van der Waals surface area (Å²) in [5.41, 5.74) is 7.88. The number of pyridine rings is 1. The van der Waals surface area contributed by atoms with E-state index in [1.807, 2.05) is 30.3 Å². The average molecular weight is 243 g/mol. The molecule has 0 amide bonds. The largest absolute Gasteiger partial charge is 0.431 e. The second-order valence-corrected chi connectivity index (χ2v) is 4.48. The number of aromatic nitrogens is 2. The number of hydrogen-bond donors (Lipinski definition) is 1. The molecule has 3 aromatic rings. The van der Waals surface area contributed by atoms with Crippen LogP contribution >= 0.6 is 11.8 Å². The van der Waals surface area contributed by atoms with Gasteiger partial charge in [0.25, 0.3) is 5.22 Å². The molecule has 0 bridgehead atoms. The highest BCUT2D eigenvalue weighted by Gasteiger charge is 2.09. The number of nitrogens with two attached hydrogens (primary N) is 1. The van der Waals surface area contributed by atoms with E-state index in [-0.39, 0.29) is 0 Å². The zero-order valence-electron chi connectivity index (χ0n) is 8.83. The van der Waals surface area contributed by atoms with Crippen LogP contribution in [0.3, 0.4) is 0 Å². The Bertz CT molecular complexity index is 651. The molecular formula is C12H9N3OS. The van der Waals surface area contributed by atoms with E-state index in [1.165, 1.54) is 11.8 Å². The van der Waals surface area contributed by atoms with Gasteiger partial charge < -0.3 is 10.2 Å². The van der Waals surface area contributed by atoms with Crippen LogP contribution in [-0.2, 0) is 0 Å². The quantitative estimate of drug-likeness (QED) is 0.701. The summed E-state index contributed by atoms with van der Waals surface area (Å²) in [6.45, 7) is 0. The van der Waals surface area contributed by atoms with E-state index in [0.717, 1.165) is 4.90 Å². The minimum absolute atomic E-state index is 0.587. The van der Waals surface area contributed by atoms with Gasteiger partial charge in [-0.15, -0.1) is 0 Å². The molecule has 0 atom stereocenters. The van der Waals surface area contributed by atoms with Crippen LogP contribution in [0.15, 0.2) is 57.3 Å². The van der Waals surface area contributed by atoms with E-state index in [4.69, 9.17) is 10.2 Å². The molecule has 0 radical (unpaired) electrons. The maximum Gasteiger partial charge on any atom is 0.261 e. The maximum atomic E-state index is 5.82. The van der Waals surface area contributed by atoms with Crippen molar-refractivity contribution >= 4 is 28.5 Å². The predicted molar refractivity (Wildman–Crippen MR) is 66.8 cm³/mol. The van der Waals surface area contributed by atoms with E-state index in [2.05, 4.69) is 9.97 Å². The Morgan fingerprint density at radius 3 is 2.71 bits per heavy atom. The average Bonchev–Trinajstić information content (AvgIpc) is 2.74. The third kappa shape index (κ3) is 1.97. The minimum Gasteiger partial charge on any atom is -0.431 e. The highest BCUT2D eigenvalue weighted by Crippen LogP contribution is 2.30. The van der Waals surface area contributed by atoms with E-state index in [0.29, 0.717) is 22.0 Å². The summed E-state index contributed by atoms with van der Waals surface area (Å²) in [5.74, 6) is 0. The Kier molecular flexibility index (Phi) is 2.45. The van der Waals surface area contributed by atoms with Crippen LogP contribution in [0.5, 0.6) is 0 Å². The number of nitrogens with zero attached hydrogens (tertiary/aromatic N) is 2. The molecule has 0 aliphatic carbocycles. The summed E-state index contributed by atoms with van der Waals surface area (Å²) in [6.07, 6.45) is 3.47. The molecule has 0 saturated carbocycles. The number of anilines is 1. The normalized spacial score (nSPS) is 10.8. The van der Waals surface area contributed by atoms with Crippen molar-refractivity contribution in [2.75, 3.05) is 5.73 Å². The van der Waals surface area contributed by atoms with Gasteiger partial charge in [0.2, 0.25) is 0 Å². The molecule has 2 heterocycles. The summed E-state index contributed by atoms with van der Waals surface area (Å²) >= 11 is 1.45. The molecule has 84 valence electrons. The molecule has 3 rings (SSSR count). The smallest absolute Gasteiger partial charge is 0.261 e. The van der Waals surface area contributed by atoms with E-state index < -0.39 is 0 Å². The van der Waals surface area contributed by atoms with Crippen molar-refractivity contribution in [3.63, 3.8) is 0 Å². The first kappa shape index (κ1) is 10.2. The molecule has 2 aromatic heterocycles. The van der Waals surface area contributed by atoms with Crippen molar-refractivity contribution in [2.45, 2.75) is 10.1 Å². The molecule has 17 heavy (non-hydrogen) atoms. The van der Waals surface area contributed by atoms with Crippen molar-refractivity contribution in [1.82, 2.24) is 9.97 Å². The Morgan fingerprint density at radius 2 is 1.94 bits per heavy atom. The summed E-state index contributed by atoms with van der Waals surface area (Å²) in [4.78, 5) is 9.35. The van der Waals surface area contributed by atoms with E-state index in [9.17, 15) is 0 Å². The first-order valence-corrected chi connectivity index (χ1v) is 5.87. The van der Waals surface area contributed by atoms with Gasteiger partial charge in [0.1, 0.15) is 5.52 Å². The standard InChI is InChI=1S/C12H9N3OS/c13-9-2-1-3-10-11(9)15-12(16-10)17-8-4-6-14-7-5-8/h1-7H,13H2. The number of hydrogen-bond acceptors (Lipinski definition) is 5. The molecule has 0 spiro atoms. The number of nitrogen functional groups attached to an aromatic ring is 1. The van der Waals surface area contributed by atoms with Gasteiger partial charge in [-0.05, 0) is 36.0 Å². The molecule has 0 saturated heterocycles. The molecule has 0 fully saturated rings. The maximum absolute atomic E-state index is 5.82. The van der Waals surface area contributed by atoms with Crippen LogP contribution in [0.1, 0.15) is 0 Å². The Labute approximate surface area is 102 Å². The summed E-state index contributed by atoms with van der Waals surface area (Å²) < 4.78 is 5.60. The molecule has 0 aliphatic heterocycles. The zero-order valence-corrected chi connectivity index (χ0v) is 9.65. The Balaban J connectivity index is 1.99. The van der Waals surface area contributed by atoms with Crippen molar-refractivity contribution in [1.29, 1.82) is 0 Å². The molecule has 0 unspecified atom stereocenters. The van der Waals surface area contributed by atoms with E-state index in [1.54, 1.807) is 12.4 Å². The van der Waals surface area contributed by atoms with E-state index >= 15 is 0 Å². The SMILES string of the molecule is Nc1cccc2oc(Sc3ccncc3)nc12. The molecule has 4 nitrogen and oxygen atoms in total. The number of fused-ring (bicyclic) bond motifs is 1. The van der Waals surface area contributed by atoms with Crippen molar-refractivity contribution in [3.8, 4) is 0 Å². The molecule has 1 aromatic carbocycles. The lowest BCUT2D eigenvalue weighted by molar-refractivity contribution is 0.489. The Morgan fingerprint density at radius 1 is 1.12 bits per heavy atom. The second kappa shape index (κ2) is 4.10. The fourth-order valence-corrected chi connectivity index (χ4v) is 2.23. The third-order valence-corrected chi connectivity index (χ3v) is 3.14. The molecule has 5 heteroatoms. The first-order valence-electron chi connectivity index (χ1n) is 5.06. The zero-order chi connectivity index (χ0) is 11.7. The topological polar surface area (TPSA) is 64.9 Å². The Hall–Kier alpha value is -2.01. The second-order valence-electron chi connectivity index (χ2n) is 3.46. The minimum atomic E-state index is 0.587. The molecule has 2 N–H and O–H groups in total. The van der Waals surface area contributed by atoms with Crippen LogP contribution in [-0.4, -0.2) is 9.97 Å². The van der Waals surface area contributed by atoms with Gasteiger partial charge in [0.05, 0.1) is 5.69 Å². The van der Waals surface area contributed by atoms with Crippen molar-refractivity contribution in [2.24, 2.45) is 0 Å². The number of rotatable bonds is 2. The van der Waals surface area contributed by atoms with Crippen LogP contribution in [0.2, 0.25) is 0 Å². The predicted octanol–water partition coefficient (Wildman–Crippen LogP) is 2.96. The van der Waals surface area contributed by atoms with Gasteiger partial charge in [-0.2, -0.15) is 0 Å². The summed E-state index contributed by atoms with van der Waals surface area (Å²) in [6, 6.07) is 9.33.